The fraction of sp³-hybridized carbons (Fsp3) is 0. The van der Waals surface area contributed by atoms with Gasteiger partial charge in [0.2, 0.25) is 0 Å². The number of carbonyl (C=O) groups is 1. The Morgan fingerprint density at radius 2 is 1.69 bits per heavy atom. The van der Waals surface area contributed by atoms with Crippen molar-refractivity contribution in [3.63, 3.8) is 0 Å². The Bertz CT molecular complexity index is 341. The van der Waals surface area contributed by atoms with Crippen molar-refractivity contribution >= 4 is 40.8 Å². The first-order chi connectivity index (χ1) is 5.54. The van der Waals surface area contributed by atoms with Gasteiger partial charge in [-0.15, -0.1) is 0 Å². The summed E-state index contributed by atoms with van der Waals surface area (Å²) in [7, 11) is 0. The van der Waals surface area contributed by atoms with E-state index in [1.54, 1.807) is 0 Å². The monoisotopic (exact) mass is 287 g/mol. The Kier molecular flexibility index (Phi) is 5.11. The molecule has 0 amide bonds. The first-order valence-corrected chi connectivity index (χ1v) is 4.04. The van der Waals surface area contributed by atoms with Gasteiger partial charge in [-0.1, -0.05) is 34.8 Å². The molecule has 0 fully saturated rings. The van der Waals surface area contributed by atoms with Crippen LogP contribution < -0.4 is 0 Å². The molecule has 2 nitrogen and oxygen atoms in total. The van der Waals surface area contributed by atoms with Crippen LogP contribution in [0, 0.1) is 0 Å². The molecular formula is C7H3Cl3CuO2. The smallest absolute Gasteiger partial charge is 0.337 e. The van der Waals surface area contributed by atoms with E-state index in [9.17, 15) is 4.79 Å². The van der Waals surface area contributed by atoms with E-state index in [0.717, 1.165) is 0 Å². The van der Waals surface area contributed by atoms with Crippen LogP contribution in [0.5, 0.6) is 0 Å². The van der Waals surface area contributed by atoms with Crippen LogP contribution in [-0.2, 0) is 17.1 Å². The first-order valence-electron chi connectivity index (χ1n) is 2.91. The van der Waals surface area contributed by atoms with E-state index in [1.807, 2.05) is 0 Å². The van der Waals surface area contributed by atoms with E-state index in [4.69, 9.17) is 39.9 Å². The number of hydrogen-bond acceptors (Lipinski definition) is 1. The maximum atomic E-state index is 10.5. The summed E-state index contributed by atoms with van der Waals surface area (Å²) in [6.07, 6.45) is 0. The predicted octanol–water partition coefficient (Wildman–Crippen LogP) is 3.34. The van der Waals surface area contributed by atoms with E-state index in [1.165, 1.54) is 12.1 Å². The molecule has 75 valence electrons. The number of carboxylic acid groups (broad SMARTS) is 1. The quantitative estimate of drug-likeness (QED) is 0.636. The van der Waals surface area contributed by atoms with Crippen molar-refractivity contribution in [2.24, 2.45) is 0 Å². The van der Waals surface area contributed by atoms with Crippen molar-refractivity contribution in [2.75, 3.05) is 0 Å². The van der Waals surface area contributed by atoms with Gasteiger partial charge in [-0.05, 0) is 12.1 Å². The van der Waals surface area contributed by atoms with Gasteiger partial charge in [0, 0.05) is 17.1 Å². The molecule has 0 unspecified atom stereocenters. The average molecular weight is 289 g/mol. The largest absolute Gasteiger partial charge is 0.478 e. The number of rotatable bonds is 1. The molecule has 1 aromatic carbocycles. The van der Waals surface area contributed by atoms with E-state index in [0.29, 0.717) is 0 Å². The van der Waals surface area contributed by atoms with E-state index in [2.05, 4.69) is 0 Å². The third-order valence-corrected chi connectivity index (χ3v) is 2.56. The minimum absolute atomic E-state index is 0. The van der Waals surface area contributed by atoms with Crippen LogP contribution in [0.15, 0.2) is 12.1 Å². The number of halogens is 3. The number of aromatic carboxylic acids is 1. The van der Waals surface area contributed by atoms with Crippen LogP contribution >= 0.6 is 34.8 Å². The Labute approximate surface area is 100 Å². The Morgan fingerprint density at radius 1 is 1.15 bits per heavy atom. The molecule has 1 rings (SSSR count). The van der Waals surface area contributed by atoms with Crippen LogP contribution in [0.4, 0.5) is 0 Å². The van der Waals surface area contributed by atoms with Crippen molar-refractivity contribution in [1.29, 1.82) is 0 Å². The van der Waals surface area contributed by atoms with Crippen molar-refractivity contribution in [2.45, 2.75) is 0 Å². The first kappa shape index (κ1) is 13.1. The third-order valence-electron chi connectivity index (χ3n) is 1.27. The number of hydrogen-bond donors (Lipinski definition) is 1. The molecule has 1 N–H and O–H groups in total. The molecular weight excluding hydrogens is 286 g/mol. The molecule has 1 radical (unpaired) electrons. The van der Waals surface area contributed by atoms with Crippen LogP contribution in [0.1, 0.15) is 10.4 Å². The van der Waals surface area contributed by atoms with Gasteiger partial charge in [0.15, 0.2) is 0 Å². The second kappa shape index (κ2) is 5.08. The summed E-state index contributed by atoms with van der Waals surface area (Å²) in [6.45, 7) is 0. The van der Waals surface area contributed by atoms with Crippen LogP contribution in [-0.4, -0.2) is 11.1 Å². The SMILES string of the molecule is O=C(O)c1ccc(Cl)c(Cl)c1Cl.[Cu]. The zero-order valence-corrected chi connectivity index (χ0v) is 9.16. The van der Waals surface area contributed by atoms with E-state index in [-0.39, 0.29) is 37.7 Å². The molecule has 0 aliphatic heterocycles. The minimum Gasteiger partial charge on any atom is -0.478 e. The maximum absolute atomic E-state index is 10.5. The summed E-state index contributed by atoms with van der Waals surface area (Å²) in [6, 6.07) is 2.69. The molecule has 0 atom stereocenters. The van der Waals surface area contributed by atoms with Crippen LogP contribution in [0.3, 0.4) is 0 Å². The molecule has 0 heterocycles. The normalized spacial score (nSPS) is 9.15. The summed E-state index contributed by atoms with van der Waals surface area (Å²) in [5.41, 5.74) is -0.0499. The molecule has 0 aromatic heterocycles. The summed E-state index contributed by atoms with van der Waals surface area (Å²) in [5.74, 6) is -1.13. The fourth-order valence-corrected chi connectivity index (χ4v) is 1.31. The van der Waals surface area contributed by atoms with Gasteiger partial charge in [-0.3, -0.25) is 0 Å². The number of benzene rings is 1. The summed E-state index contributed by atoms with van der Waals surface area (Å²) in [4.78, 5) is 10.5. The Hall–Kier alpha value is 0.0795. The summed E-state index contributed by atoms with van der Waals surface area (Å²) >= 11 is 16.8. The van der Waals surface area contributed by atoms with Crippen molar-refractivity contribution in [1.82, 2.24) is 0 Å². The van der Waals surface area contributed by atoms with Gasteiger partial charge in [0.25, 0.3) is 0 Å². The Morgan fingerprint density at radius 3 is 2.15 bits per heavy atom. The second-order valence-corrected chi connectivity index (χ2v) is 3.19. The zero-order chi connectivity index (χ0) is 9.30. The van der Waals surface area contributed by atoms with Gasteiger partial charge in [0.1, 0.15) is 0 Å². The summed E-state index contributed by atoms with van der Waals surface area (Å²) < 4.78 is 0. The van der Waals surface area contributed by atoms with Gasteiger partial charge < -0.3 is 5.11 Å². The van der Waals surface area contributed by atoms with Crippen LogP contribution in [0.2, 0.25) is 15.1 Å². The number of carboxylic acids is 1. The predicted molar refractivity (Wildman–Crippen MR) is 48.4 cm³/mol. The van der Waals surface area contributed by atoms with Crippen molar-refractivity contribution < 1.29 is 27.0 Å². The van der Waals surface area contributed by atoms with Gasteiger partial charge in [0.05, 0.1) is 20.6 Å². The van der Waals surface area contributed by atoms with Crippen LogP contribution in [0.25, 0.3) is 0 Å². The van der Waals surface area contributed by atoms with Gasteiger partial charge >= 0.3 is 5.97 Å². The third kappa shape index (κ3) is 2.76. The molecule has 13 heavy (non-hydrogen) atoms. The zero-order valence-electron chi connectivity index (χ0n) is 5.95. The Balaban J connectivity index is 0.00000144. The molecule has 0 aliphatic carbocycles. The molecule has 0 aliphatic rings. The van der Waals surface area contributed by atoms with E-state index < -0.39 is 5.97 Å². The maximum Gasteiger partial charge on any atom is 0.337 e. The fourth-order valence-electron chi connectivity index (χ4n) is 0.691. The molecule has 1 aromatic rings. The van der Waals surface area contributed by atoms with E-state index >= 15 is 0 Å². The molecule has 0 saturated heterocycles. The van der Waals surface area contributed by atoms with Crippen molar-refractivity contribution in [3.8, 4) is 0 Å². The van der Waals surface area contributed by atoms with Gasteiger partial charge in [-0.25, -0.2) is 4.79 Å². The standard InChI is InChI=1S/C7H3Cl3O2.Cu/c8-4-2-1-3(7(11)12)5(9)6(4)10;/h1-2H,(H,11,12);. The van der Waals surface area contributed by atoms with Gasteiger partial charge in [-0.2, -0.15) is 0 Å². The minimum atomic E-state index is -1.13. The molecule has 0 saturated carbocycles. The summed E-state index contributed by atoms with van der Waals surface area (Å²) in [5, 5.41) is 8.87. The second-order valence-electron chi connectivity index (χ2n) is 2.03. The topological polar surface area (TPSA) is 37.3 Å². The molecule has 0 bridgehead atoms. The molecule has 6 heteroatoms. The average Bonchev–Trinajstić information content (AvgIpc) is 2.00. The van der Waals surface area contributed by atoms with Crippen molar-refractivity contribution in [3.05, 3.63) is 32.8 Å². The molecule has 0 spiro atoms.